The van der Waals surface area contributed by atoms with Gasteiger partial charge in [0.25, 0.3) is 0 Å². The highest BCUT2D eigenvalue weighted by Crippen LogP contribution is 2.49. The zero-order valence-electron chi connectivity index (χ0n) is 16.9. The molecule has 0 aromatic heterocycles. The first kappa shape index (κ1) is 21.5. The Kier molecular flexibility index (Phi) is 8.25. The Balaban J connectivity index is 2.88. The molecule has 0 aromatic rings. The van der Waals surface area contributed by atoms with Crippen LogP contribution >= 0.6 is 0 Å². The van der Waals surface area contributed by atoms with E-state index in [0.717, 1.165) is 32.1 Å². The topological polar surface area (TPSA) is 46.5 Å². The van der Waals surface area contributed by atoms with Crippen LogP contribution in [0.3, 0.4) is 0 Å². The summed E-state index contributed by atoms with van der Waals surface area (Å²) in [6.07, 6.45) is 8.12. The van der Waals surface area contributed by atoms with Crippen LogP contribution in [-0.4, -0.2) is 16.9 Å². The summed E-state index contributed by atoms with van der Waals surface area (Å²) < 4.78 is 5.71. The fourth-order valence-electron chi connectivity index (χ4n) is 4.32. The van der Waals surface area contributed by atoms with Gasteiger partial charge in [0.15, 0.2) is 0 Å². The van der Waals surface area contributed by atoms with E-state index in [-0.39, 0.29) is 17.3 Å². The molecule has 1 rings (SSSR count). The summed E-state index contributed by atoms with van der Waals surface area (Å²) >= 11 is 0. The Morgan fingerprint density at radius 2 is 1.79 bits per heavy atom. The molecule has 4 unspecified atom stereocenters. The number of unbranched alkanes of at least 4 members (excludes halogenated alkanes) is 3. The van der Waals surface area contributed by atoms with Crippen molar-refractivity contribution in [2.24, 2.45) is 23.2 Å². The maximum Gasteiger partial charge on any atom is 0.308 e. The van der Waals surface area contributed by atoms with E-state index < -0.39 is 5.79 Å². The highest BCUT2D eigenvalue weighted by Gasteiger charge is 2.50. The molecule has 0 saturated heterocycles. The van der Waals surface area contributed by atoms with Crippen LogP contribution in [0.25, 0.3) is 0 Å². The number of carbonyl (C=O) groups is 1. The van der Waals surface area contributed by atoms with Crippen LogP contribution in [0.1, 0.15) is 99.3 Å². The van der Waals surface area contributed by atoms with Gasteiger partial charge in [-0.1, -0.05) is 67.2 Å². The van der Waals surface area contributed by atoms with Crippen molar-refractivity contribution < 1.29 is 14.6 Å². The quantitative estimate of drug-likeness (QED) is 0.350. The summed E-state index contributed by atoms with van der Waals surface area (Å²) in [6, 6.07) is 0. The number of hydrogen-bond donors (Lipinski definition) is 1. The smallest absolute Gasteiger partial charge is 0.308 e. The van der Waals surface area contributed by atoms with Crippen molar-refractivity contribution in [2.75, 3.05) is 0 Å². The summed E-state index contributed by atoms with van der Waals surface area (Å²) in [5.41, 5.74) is 0.109. The molecule has 142 valence electrons. The van der Waals surface area contributed by atoms with E-state index in [1.54, 1.807) is 0 Å². The number of carbonyl (C=O) groups excluding carboxylic acids is 1. The van der Waals surface area contributed by atoms with Crippen molar-refractivity contribution in [3.63, 3.8) is 0 Å². The average Bonchev–Trinajstić information content (AvgIpc) is 2.47. The van der Waals surface area contributed by atoms with Gasteiger partial charge in [0.2, 0.25) is 5.79 Å². The lowest BCUT2D eigenvalue weighted by atomic mass is 9.61. The summed E-state index contributed by atoms with van der Waals surface area (Å²) in [6.45, 7) is 13.2. The summed E-state index contributed by atoms with van der Waals surface area (Å²) in [4.78, 5) is 12.2. The largest absolute Gasteiger partial charge is 0.433 e. The van der Waals surface area contributed by atoms with Crippen molar-refractivity contribution in [2.45, 2.75) is 105 Å². The first-order valence-corrected chi connectivity index (χ1v) is 10.1. The fraction of sp³-hybridized carbons (Fsp3) is 0.952. The molecule has 3 heteroatoms. The van der Waals surface area contributed by atoms with Gasteiger partial charge in [-0.15, -0.1) is 0 Å². The zero-order valence-corrected chi connectivity index (χ0v) is 16.9. The molecule has 0 heterocycles. The minimum Gasteiger partial charge on any atom is -0.433 e. The number of rotatable bonds is 8. The predicted molar refractivity (Wildman–Crippen MR) is 99.5 cm³/mol. The van der Waals surface area contributed by atoms with Gasteiger partial charge in [-0.2, -0.15) is 0 Å². The normalized spacial score (nSPS) is 31.0. The van der Waals surface area contributed by atoms with Gasteiger partial charge < -0.3 is 9.84 Å². The van der Waals surface area contributed by atoms with Crippen molar-refractivity contribution in [3.8, 4) is 0 Å². The molecule has 1 N–H and O–H groups in total. The Labute approximate surface area is 149 Å². The molecule has 0 bridgehead atoms. The van der Waals surface area contributed by atoms with E-state index >= 15 is 0 Å². The molecule has 4 atom stereocenters. The maximum absolute atomic E-state index is 12.2. The van der Waals surface area contributed by atoms with Crippen LogP contribution < -0.4 is 0 Å². The van der Waals surface area contributed by atoms with Crippen LogP contribution in [0, 0.1) is 23.2 Å². The van der Waals surface area contributed by atoms with Gasteiger partial charge in [-0.05, 0) is 36.5 Å². The molecule has 0 spiro atoms. The first-order chi connectivity index (χ1) is 11.1. The second-order valence-electron chi connectivity index (χ2n) is 9.00. The minimum atomic E-state index is -1.27. The van der Waals surface area contributed by atoms with E-state index in [1.165, 1.54) is 12.8 Å². The lowest BCUT2D eigenvalue weighted by Crippen LogP contribution is -2.52. The van der Waals surface area contributed by atoms with E-state index in [0.29, 0.717) is 24.7 Å². The maximum atomic E-state index is 12.2. The standard InChI is InChI=1S/C21H40O3/c1-7-9-11-12-17-14-16(3)18(20(4,5)6)15-21(17,23)24-19(22)13-10-8-2/h16-18,23H,7-15H2,1-6H3. The molecular formula is C21H40O3. The third-order valence-electron chi connectivity index (χ3n) is 5.79. The zero-order chi connectivity index (χ0) is 18.4. The summed E-state index contributed by atoms with van der Waals surface area (Å²) in [5, 5.41) is 11.3. The van der Waals surface area contributed by atoms with Crippen LogP contribution in [0.5, 0.6) is 0 Å². The Morgan fingerprint density at radius 1 is 1.17 bits per heavy atom. The van der Waals surface area contributed by atoms with E-state index in [1.807, 2.05) is 0 Å². The number of esters is 1. The van der Waals surface area contributed by atoms with Gasteiger partial charge >= 0.3 is 5.97 Å². The lowest BCUT2D eigenvalue weighted by molar-refractivity contribution is -0.262. The van der Waals surface area contributed by atoms with Crippen molar-refractivity contribution in [1.82, 2.24) is 0 Å². The molecule has 24 heavy (non-hydrogen) atoms. The van der Waals surface area contributed by atoms with Gasteiger partial charge in [0.1, 0.15) is 0 Å². The first-order valence-electron chi connectivity index (χ1n) is 10.1. The van der Waals surface area contributed by atoms with Crippen molar-refractivity contribution >= 4 is 5.97 Å². The molecule has 1 fully saturated rings. The highest BCUT2D eigenvalue weighted by atomic mass is 16.7. The van der Waals surface area contributed by atoms with Gasteiger partial charge in [0, 0.05) is 18.8 Å². The molecule has 0 amide bonds. The van der Waals surface area contributed by atoms with E-state index in [2.05, 4.69) is 41.5 Å². The van der Waals surface area contributed by atoms with Gasteiger partial charge in [-0.25, -0.2) is 0 Å². The predicted octanol–water partition coefficient (Wildman–Crippen LogP) is 5.70. The molecule has 1 aliphatic carbocycles. The molecule has 0 aromatic carbocycles. The second-order valence-corrected chi connectivity index (χ2v) is 9.00. The molecule has 3 nitrogen and oxygen atoms in total. The SMILES string of the molecule is CCCCCC1CC(C)C(C(C)(C)C)CC1(O)OC(=O)CCCC. The number of hydrogen-bond acceptors (Lipinski definition) is 3. The van der Waals surface area contributed by atoms with Crippen LogP contribution in [0.4, 0.5) is 0 Å². The Hall–Kier alpha value is -0.570. The fourth-order valence-corrected chi connectivity index (χ4v) is 4.32. The molecule has 0 aliphatic heterocycles. The Bertz CT molecular complexity index is 385. The molecule has 1 aliphatic rings. The van der Waals surface area contributed by atoms with E-state index in [9.17, 15) is 9.90 Å². The molecular weight excluding hydrogens is 300 g/mol. The van der Waals surface area contributed by atoms with Gasteiger partial charge in [-0.3, -0.25) is 4.79 Å². The average molecular weight is 341 g/mol. The summed E-state index contributed by atoms with van der Waals surface area (Å²) in [7, 11) is 0. The molecule has 0 radical (unpaired) electrons. The third-order valence-corrected chi connectivity index (χ3v) is 5.79. The number of aliphatic hydroxyl groups is 1. The third kappa shape index (κ3) is 6.06. The van der Waals surface area contributed by atoms with E-state index in [4.69, 9.17) is 4.74 Å². The Morgan fingerprint density at radius 3 is 2.33 bits per heavy atom. The summed E-state index contributed by atoms with van der Waals surface area (Å²) in [5.74, 6) is -0.524. The minimum absolute atomic E-state index is 0.0724. The van der Waals surface area contributed by atoms with Crippen LogP contribution in [0.2, 0.25) is 0 Å². The van der Waals surface area contributed by atoms with Crippen molar-refractivity contribution in [3.05, 3.63) is 0 Å². The lowest BCUT2D eigenvalue weighted by Gasteiger charge is -2.49. The monoisotopic (exact) mass is 340 g/mol. The van der Waals surface area contributed by atoms with Crippen molar-refractivity contribution in [1.29, 1.82) is 0 Å². The van der Waals surface area contributed by atoms with Crippen LogP contribution in [0.15, 0.2) is 0 Å². The number of ether oxygens (including phenoxy) is 1. The van der Waals surface area contributed by atoms with Crippen LogP contribution in [-0.2, 0) is 9.53 Å². The highest BCUT2D eigenvalue weighted by molar-refractivity contribution is 5.69. The molecule has 1 saturated carbocycles. The van der Waals surface area contributed by atoms with Gasteiger partial charge in [0.05, 0.1) is 0 Å². The second kappa shape index (κ2) is 9.22.